The number of thiazole rings is 1. The molecular weight excluding hydrogens is 388 g/mol. The number of piperidine rings is 1. The molecule has 0 saturated carbocycles. The summed E-state index contributed by atoms with van der Waals surface area (Å²) >= 11 is 1.58. The van der Waals surface area contributed by atoms with Crippen molar-refractivity contribution in [1.82, 2.24) is 24.3 Å². The first kappa shape index (κ1) is 18.5. The number of imidazole rings is 1. The maximum atomic E-state index is 12.8. The molecule has 0 atom stereocenters. The van der Waals surface area contributed by atoms with Crippen molar-refractivity contribution in [3.05, 3.63) is 40.9 Å². The quantitative estimate of drug-likeness (QED) is 0.654. The molecule has 0 unspecified atom stereocenters. The van der Waals surface area contributed by atoms with Gasteiger partial charge >= 0.3 is 0 Å². The molecule has 3 aromatic rings. The molecule has 8 nitrogen and oxygen atoms in total. The minimum Gasteiger partial charge on any atom is -0.368 e. The predicted molar refractivity (Wildman–Crippen MR) is 110 cm³/mol. The van der Waals surface area contributed by atoms with Crippen LogP contribution in [-0.4, -0.2) is 64.0 Å². The minimum absolute atomic E-state index is 0.123. The van der Waals surface area contributed by atoms with E-state index in [0.717, 1.165) is 35.6 Å². The third-order valence-electron chi connectivity index (χ3n) is 5.83. The van der Waals surface area contributed by atoms with Gasteiger partial charge in [0.15, 0.2) is 4.96 Å². The molecule has 0 aromatic carbocycles. The van der Waals surface area contributed by atoms with E-state index in [1.54, 1.807) is 11.3 Å². The Bertz CT molecular complexity index is 1020. The molecule has 1 amide bonds. The topological polar surface area (TPSA) is 75.9 Å². The highest BCUT2D eigenvalue weighted by atomic mass is 32.1. The molecule has 1 saturated heterocycles. The van der Waals surface area contributed by atoms with Crippen molar-refractivity contribution < 1.29 is 9.53 Å². The van der Waals surface area contributed by atoms with Crippen LogP contribution in [0.4, 0.5) is 5.95 Å². The van der Waals surface area contributed by atoms with Gasteiger partial charge in [-0.2, -0.15) is 0 Å². The first-order valence-corrected chi connectivity index (χ1v) is 10.8. The average molecular weight is 413 g/mol. The number of hydrogen-bond acceptors (Lipinski definition) is 7. The molecule has 5 heterocycles. The zero-order chi connectivity index (χ0) is 20.0. The van der Waals surface area contributed by atoms with Crippen LogP contribution in [0.25, 0.3) is 4.96 Å². The van der Waals surface area contributed by atoms with E-state index in [1.165, 1.54) is 5.56 Å². The lowest BCUT2D eigenvalue weighted by atomic mass is 9.83. The van der Waals surface area contributed by atoms with Crippen LogP contribution in [0.5, 0.6) is 0 Å². The highest BCUT2D eigenvalue weighted by Crippen LogP contribution is 2.40. The number of amides is 1. The van der Waals surface area contributed by atoms with Crippen molar-refractivity contribution in [3.63, 3.8) is 0 Å². The van der Waals surface area contributed by atoms with E-state index < -0.39 is 5.60 Å². The number of carbonyl (C=O) groups excluding carboxylic acids is 1. The molecular formula is C20H24N6O2S. The fourth-order valence-corrected chi connectivity index (χ4v) is 4.96. The number of ether oxygens (including phenoxy) is 1. The van der Waals surface area contributed by atoms with Crippen molar-refractivity contribution in [2.24, 2.45) is 0 Å². The van der Waals surface area contributed by atoms with Gasteiger partial charge in [-0.05, 0) is 24.8 Å². The molecule has 0 radical (unpaired) electrons. The van der Waals surface area contributed by atoms with Gasteiger partial charge in [-0.1, -0.05) is 0 Å². The number of likely N-dealkylation sites (tertiary alicyclic amines) is 1. The summed E-state index contributed by atoms with van der Waals surface area (Å²) in [5.74, 6) is 0.824. The van der Waals surface area contributed by atoms with Crippen molar-refractivity contribution >= 4 is 28.2 Å². The maximum Gasteiger partial charge on any atom is 0.228 e. The van der Waals surface area contributed by atoms with Crippen molar-refractivity contribution in [3.8, 4) is 0 Å². The van der Waals surface area contributed by atoms with Crippen LogP contribution in [0.15, 0.2) is 24.0 Å². The second-order valence-electron chi connectivity index (χ2n) is 7.91. The molecule has 9 heteroatoms. The van der Waals surface area contributed by atoms with E-state index in [0.29, 0.717) is 32.1 Å². The molecule has 0 bridgehead atoms. The van der Waals surface area contributed by atoms with Gasteiger partial charge in [0.05, 0.1) is 24.4 Å². The minimum atomic E-state index is -0.408. The van der Waals surface area contributed by atoms with Crippen LogP contribution in [0.2, 0.25) is 0 Å². The summed E-state index contributed by atoms with van der Waals surface area (Å²) in [6.07, 6.45) is 8.53. The SMILES string of the molecule is CN(C)c1ncc2c(n1)C1(CCN(C(=O)Cc3cn4ccsc4n3)CC1)OCC2. The van der Waals surface area contributed by atoms with E-state index in [1.807, 2.05) is 52.3 Å². The highest BCUT2D eigenvalue weighted by molar-refractivity contribution is 7.15. The van der Waals surface area contributed by atoms with Crippen LogP contribution >= 0.6 is 11.3 Å². The lowest BCUT2D eigenvalue weighted by Gasteiger charge is -2.44. The molecule has 5 rings (SSSR count). The summed E-state index contributed by atoms with van der Waals surface area (Å²) in [5.41, 5.74) is 2.59. The lowest BCUT2D eigenvalue weighted by molar-refractivity contribution is -0.140. The van der Waals surface area contributed by atoms with Gasteiger partial charge in [-0.3, -0.25) is 9.20 Å². The Morgan fingerprint density at radius 1 is 1.31 bits per heavy atom. The van der Waals surface area contributed by atoms with Gasteiger partial charge in [-0.25, -0.2) is 15.0 Å². The molecule has 2 aliphatic heterocycles. The first-order chi connectivity index (χ1) is 14.0. The summed E-state index contributed by atoms with van der Waals surface area (Å²) in [7, 11) is 3.89. The van der Waals surface area contributed by atoms with E-state index in [2.05, 4.69) is 9.97 Å². The van der Waals surface area contributed by atoms with Gasteiger partial charge in [0.1, 0.15) is 5.60 Å². The summed E-state index contributed by atoms with van der Waals surface area (Å²) in [4.78, 5) is 31.4. The first-order valence-electron chi connectivity index (χ1n) is 9.91. The largest absolute Gasteiger partial charge is 0.368 e. The molecule has 1 spiro atoms. The molecule has 29 heavy (non-hydrogen) atoms. The summed E-state index contributed by atoms with van der Waals surface area (Å²) in [6.45, 7) is 2.01. The number of carbonyl (C=O) groups is 1. The second-order valence-corrected chi connectivity index (χ2v) is 8.79. The van der Waals surface area contributed by atoms with Gasteiger partial charge < -0.3 is 14.5 Å². The lowest BCUT2D eigenvalue weighted by Crippen LogP contribution is -2.49. The van der Waals surface area contributed by atoms with E-state index in [-0.39, 0.29) is 5.91 Å². The van der Waals surface area contributed by atoms with Gasteiger partial charge in [0.25, 0.3) is 0 Å². The van der Waals surface area contributed by atoms with Crippen LogP contribution in [-0.2, 0) is 28.0 Å². The molecule has 0 N–H and O–H groups in total. The Balaban J connectivity index is 1.30. The van der Waals surface area contributed by atoms with Gasteiger partial charge in [-0.15, -0.1) is 11.3 Å². The number of hydrogen-bond donors (Lipinski definition) is 0. The smallest absolute Gasteiger partial charge is 0.228 e. The number of nitrogens with zero attached hydrogens (tertiary/aromatic N) is 6. The third-order valence-corrected chi connectivity index (χ3v) is 6.60. The Morgan fingerprint density at radius 3 is 2.90 bits per heavy atom. The number of rotatable bonds is 3. The molecule has 0 aliphatic carbocycles. The van der Waals surface area contributed by atoms with Crippen LogP contribution in [0, 0.1) is 0 Å². The third kappa shape index (κ3) is 3.28. The van der Waals surface area contributed by atoms with Crippen LogP contribution in [0.1, 0.15) is 29.8 Å². The fourth-order valence-electron chi connectivity index (χ4n) is 4.24. The van der Waals surface area contributed by atoms with Crippen molar-refractivity contribution in [1.29, 1.82) is 0 Å². The Morgan fingerprint density at radius 2 is 2.14 bits per heavy atom. The standard InChI is InChI=1S/C20H24N6O2S/c1-24(2)18-21-12-14-3-9-28-20(17(14)23-18)4-6-25(7-5-20)16(27)11-15-13-26-8-10-29-19(26)22-15/h8,10,12-13H,3-7,9,11H2,1-2H3. The van der Waals surface area contributed by atoms with Crippen molar-refractivity contribution in [2.75, 3.05) is 38.7 Å². The average Bonchev–Trinajstić information content (AvgIpc) is 3.30. The van der Waals surface area contributed by atoms with E-state index in [9.17, 15) is 4.79 Å². The van der Waals surface area contributed by atoms with Gasteiger partial charge in [0, 0.05) is 51.2 Å². The van der Waals surface area contributed by atoms with Crippen molar-refractivity contribution in [2.45, 2.75) is 31.3 Å². The van der Waals surface area contributed by atoms with E-state index in [4.69, 9.17) is 9.72 Å². The number of aromatic nitrogens is 4. The summed E-state index contributed by atoms with van der Waals surface area (Å²) < 4.78 is 8.25. The Hall–Kier alpha value is -2.52. The highest BCUT2D eigenvalue weighted by Gasteiger charge is 2.43. The summed E-state index contributed by atoms with van der Waals surface area (Å²) in [5, 5.41) is 1.99. The number of anilines is 1. The normalized spacial score (nSPS) is 18.2. The Kier molecular flexibility index (Phi) is 4.51. The second kappa shape index (κ2) is 7.07. The van der Waals surface area contributed by atoms with E-state index >= 15 is 0 Å². The zero-order valence-corrected chi connectivity index (χ0v) is 17.5. The summed E-state index contributed by atoms with van der Waals surface area (Å²) in [6, 6.07) is 0. The molecule has 2 aliphatic rings. The molecule has 1 fully saturated rings. The van der Waals surface area contributed by atoms with Gasteiger partial charge in [0.2, 0.25) is 11.9 Å². The predicted octanol–water partition coefficient (Wildman–Crippen LogP) is 1.88. The molecule has 3 aromatic heterocycles. The van der Waals surface area contributed by atoms with Crippen LogP contribution < -0.4 is 4.90 Å². The monoisotopic (exact) mass is 412 g/mol. The maximum absolute atomic E-state index is 12.8. The number of fused-ring (bicyclic) bond motifs is 3. The Labute approximate surface area is 173 Å². The fraction of sp³-hybridized carbons (Fsp3) is 0.500. The van der Waals surface area contributed by atoms with Crippen LogP contribution in [0.3, 0.4) is 0 Å². The molecule has 152 valence electrons. The zero-order valence-electron chi connectivity index (χ0n) is 16.7.